The van der Waals surface area contributed by atoms with Gasteiger partial charge in [-0.1, -0.05) is 6.08 Å². The fraction of sp³-hybridized carbons (Fsp3) is 0.667. The third kappa shape index (κ3) is 1.84. The minimum absolute atomic E-state index is 0.442. The van der Waals surface area contributed by atoms with E-state index in [2.05, 4.69) is 16.8 Å². The molecule has 0 bridgehead atoms. The Morgan fingerprint density at radius 3 is 3.38 bits per heavy atom. The van der Waals surface area contributed by atoms with Crippen LogP contribution in [0.3, 0.4) is 0 Å². The van der Waals surface area contributed by atoms with Crippen LogP contribution in [0.5, 0.6) is 0 Å². The van der Waals surface area contributed by atoms with Gasteiger partial charge < -0.3 is 15.0 Å². The Kier molecular flexibility index (Phi) is 2.51. The molecule has 4 heteroatoms. The first-order chi connectivity index (χ1) is 6.33. The second kappa shape index (κ2) is 3.64. The van der Waals surface area contributed by atoms with E-state index in [1.807, 2.05) is 6.08 Å². The molecular formula is C9H14N2OS. The van der Waals surface area contributed by atoms with E-state index in [9.17, 15) is 0 Å². The molecule has 0 aromatic heterocycles. The van der Waals surface area contributed by atoms with Crippen LogP contribution in [0.4, 0.5) is 0 Å². The number of nitrogens with zero attached hydrogens (tertiary/aromatic N) is 1. The molecular weight excluding hydrogens is 184 g/mol. The summed E-state index contributed by atoms with van der Waals surface area (Å²) in [5.41, 5.74) is 0. The fourth-order valence-corrected chi connectivity index (χ4v) is 1.96. The molecule has 72 valence electrons. The van der Waals surface area contributed by atoms with Crippen LogP contribution < -0.4 is 5.32 Å². The monoisotopic (exact) mass is 198 g/mol. The van der Waals surface area contributed by atoms with Gasteiger partial charge in [0.15, 0.2) is 5.11 Å². The first-order valence-electron chi connectivity index (χ1n) is 4.60. The molecule has 13 heavy (non-hydrogen) atoms. The Morgan fingerprint density at radius 1 is 1.77 bits per heavy atom. The second-order valence-electron chi connectivity index (χ2n) is 3.38. The highest BCUT2D eigenvalue weighted by Crippen LogP contribution is 2.34. The largest absolute Gasteiger partial charge is 0.374 e. The Morgan fingerprint density at radius 2 is 2.62 bits per heavy atom. The summed E-state index contributed by atoms with van der Waals surface area (Å²) in [6, 6.07) is 0.540. The van der Waals surface area contributed by atoms with Gasteiger partial charge >= 0.3 is 0 Å². The maximum atomic E-state index is 5.49. The number of morpholine rings is 1. The van der Waals surface area contributed by atoms with Crippen LogP contribution in [0.15, 0.2) is 12.7 Å². The molecule has 2 aliphatic rings. The Balaban J connectivity index is 1.85. The van der Waals surface area contributed by atoms with Crippen molar-refractivity contribution in [3.8, 4) is 0 Å². The molecule has 3 nitrogen and oxygen atoms in total. The van der Waals surface area contributed by atoms with Crippen LogP contribution in [0, 0.1) is 0 Å². The van der Waals surface area contributed by atoms with Crippen molar-refractivity contribution in [2.75, 3.05) is 19.7 Å². The minimum atomic E-state index is 0.442. The normalized spacial score (nSPS) is 30.6. The summed E-state index contributed by atoms with van der Waals surface area (Å²) < 4.78 is 5.49. The quantitative estimate of drug-likeness (QED) is 0.516. The number of nitrogens with one attached hydrogen (secondary N) is 1. The number of hydrogen-bond acceptors (Lipinski definition) is 2. The highest BCUT2D eigenvalue weighted by atomic mass is 32.1. The molecule has 2 atom stereocenters. The lowest BCUT2D eigenvalue weighted by Crippen LogP contribution is -2.46. The summed E-state index contributed by atoms with van der Waals surface area (Å²) in [5.74, 6) is 0. The molecule has 0 aromatic rings. The van der Waals surface area contributed by atoms with Gasteiger partial charge in [-0.25, -0.2) is 0 Å². The Labute approximate surface area is 83.7 Å². The first kappa shape index (κ1) is 8.97. The topological polar surface area (TPSA) is 24.5 Å². The van der Waals surface area contributed by atoms with Crippen molar-refractivity contribution in [2.45, 2.75) is 18.6 Å². The van der Waals surface area contributed by atoms with Crippen molar-refractivity contribution in [1.82, 2.24) is 10.2 Å². The van der Waals surface area contributed by atoms with Gasteiger partial charge in [0.2, 0.25) is 0 Å². The summed E-state index contributed by atoms with van der Waals surface area (Å²) >= 11 is 5.25. The molecule has 2 unspecified atom stereocenters. The van der Waals surface area contributed by atoms with Crippen LogP contribution in [0.1, 0.15) is 6.42 Å². The maximum absolute atomic E-state index is 5.49. The molecule has 1 N–H and O–H groups in total. The van der Waals surface area contributed by atoms with E-state index in [4.69, 9.17) is 17.0 Å². The molecule has 0 aromatic carbocycles. The molecule has 0 spiro atoms. The average molecular weight is 198 g/mol. The SMILES string of the molecule is C=CCNC(=S)N1CCOC2CC21. The standard InChI is InChI=1S/C9H14N2OS/c1-2-3-10-9(13)11-4-5-12-8-6-7(8)11/h2,7-8H,1,3-6H2,(H,10,13). The summed E-state index contributed by atoms with van der Waals surface area (Å²) in [7, 11) is 0. The lowest BCUT2D eigenvalue weighted by atomic mass is 10.4. The van der Waals surface area contributed by atoms with E-state index in [1.54, 1.807) is 0 Å². The van der Waals surface area contributed by atoms with Gasteiger partial charge in [-0.3, -0.25) is 0 Å². The van der Waals surface area contributed by atoms with E-state index < -0.39 is 0 Å². The number of rotatable bonds is 2. The second-order valence-corrected chi connectivity index (χ2v) is 3.77. The van der Waals surface area contributed by atoms with Gasteiger partial charge in [0.1, 0.15) is 0 Å². The highest BCUT2D eigenvalue weighted by molar-refractivity contribution is 7.80. The van der Waals surface area contributed by atoms with Crippen molar-refractivity contribution in [3.63, 3.8) is 0 Å². The van der Waals surface area contributed by atoms with E-state index >= 15 is 0 Å². The molecule has 0 amide bonds. The molecule has 1 saturated carbocycles. The minimum Gasteiger partial charge on any atom is -0.374 e. The van der Waals surface area contributed by atoms with E-state index in [0.29, 0.717) is 12.1 Å². The third-order valence-corrected chi connectivity index (χ3v) is 2.80. The van der Waals surface area contributed by atoms with Crippen LogP contribution in [-0.2, 0) is 4.74 Å². The highest BCUT2D eigenvalue weighted by Gasteiger charge is 2.46. The molecule has 1 aliphatic heterocycles. The zero-order chi connectivity index (χ0) is 9.26. The van der Waals surface area contributed by atoms with Gasteiger partial charge in [0.05, 0.1) is 18.8 Å². The summed E-state index contributed by atoms with van der Waals surface area (Å²) in [6.07, 6.45) is 3.39. The molecule has 1 aliphatic carbocycles. The van der Waals surface area contributed by atoms with Crippen molar-refractivity contribution < 1.29 is 4.74 Å². The predicted octanol–water partition coefficient (Wildman–Crippen LogP) is 0.520. The Hall–Kier alpha value is -0.610. The third-order valence-electron chi connectivity index (χ3n) is 2.42. The first-order valence-corrected chi connectivity index (χ1v) is 5.00. The van der Waals surface area contributed by atoms with Crippen LogP contribution >= 0.6 is 12.2 Å². The molecule has 1 heterocycles. The van der Waals surface area contributed by atoms with Gasteiger partial charge in [-0.15, -0.1) is 6.58 Å². The maximum Gasteiger partial charge on any atom is 0.169 e. The average Bonchev–Trinajstić information content (AvgIpc) is 2.92. The van der Waals surface area contributed by atoms with Crippen molar-refractivity contribution >= 4 is 17.3 Å². The summed E-state index contributed by atoms with van der Waals surface area (Å²) in [4.78, 5) is 2.23. The van der Waals surface area contributed by atoms with E-state index in [1.165, 1.54) is 0 Å². The van der Waals surface area contributed by atoms with Gasteiger partial charge in [-0.05, 0) is 18.6 Å². The molecule has 1 saturated heterocycles. The number of thiocarbonyl (C=S) groups is 1. The van der Waals surface area contributed by atoms with Crippen LogP contribution in [0.25, 0.3) is 0 Å². The summed E-state index contributed by atoms with van der Waals surface area (Å²) in [6.45, 7) is 6.11. The van der Waals surface area contributed by atoms with E-state index in [0.717, 1.165) is 31.2 Å². The molecule has 0 radical (unpaired) electrons. The zero-order valence-corrected chi connectivity index (χ0v) is 8.35. The lowest BCUT2D eigenvalue weighted by Gasteiger charge is -2.29. The fourth-order valence-electron chi connectivity index (χ4n) is 1.65. The van der Waals surface area contributed by atoms with Crippen molar-refractivity contribution in [2.24, 2.45) is 0 Å². The van der Waals surface area contributed by atoms with Crippen molar-refractivity contribution in [1.29, 1.82) is 0 Å². The smallest absolute Gasteiger partial charge is 0.169 e. The van der Waals surface area contributed by atoms with Gasteiger partial charge in [0, 0.05) is 13.1 Å². The predicted molar refractivity (Wildman–Crippen MR) is 55.6 cm³/mol. The van der Waals surface area contributed by atoms with Crippen molar-refractivity contribution in [3.05, 3.63) is 12.7 Å². The number of hydrogen-bond donors (Lipinski definition) is 1. The van der Waals surface area contributed by atoms with Crippen LogP contribution in [-0.4, -0.2) is 41.9 Å². The number of ether oxygens (including phenoxy) is 1. The number of fused-ring (bicyclic) bond motifs is 1. The zero-order valence-electron chi connectivity index (χ0n) is 7.53. The van der Waals surface area contributed by atoms with Gasteiger partial charge in [-0.2, -0.15) is 0 Å². The van der Waals surface area contributed by atoms with Crippen LogP contribution in [0.2, 0.25) is 0 Å². The van der Waals surface area contributed by atoms with Gasteiger partial charge in [0.25, 0.3) is 0 Å². The molecule has 2 fully saturated rings. The lowest BCUT2D eigenvalue weighted by molar-refractivity contribution is 0.0578. The van der Waals surface area contributed by atoms with E-state index in [-0.39, 0.29) is 0 Å². The molecule has 2 rings (SSSR count). The summed E-state index contributed by atoms with van der Waals surface area (Å²) in [5, 5.41) is 3.99. The Bertz CT molecular complexity index is 232.